The van der Waals surface area contributed by atoms with E-state index in [-0.39, 0.29) is 11.4 Å². The van der Waals surface area contributed by atoms with Crippen LogP contribution >= 0.6 is 11.8 Å². The Morgan fingerprint density at radius 2 is 1.84 bits per heavy atom. The second kappa shape index (κ2) is 10.2. The van der Waals surface area contributed by atoms with E-state index in [1.54, 1.807) is 37.5 Å². The Kier molecular flexibility index (Phi) is 7.36. The lowest BCUT2D eigenvalue weighted by Crippen LogP contribution is -2.36. The molecule has 0 aromatic heterocycles. The van der Waals surface area contributed by atoms with Gasteiger partial charge in [0.25, 0.3) is 11.1 Å². The van der Waals surface area contributed by atoms with Crippen molar-refractivity contribution in [1.82, 2.24) is 4.90 Å². The molecule has 0 bridgehead atoms. The van der Waals surface area contributed by atoms with Crippen molar-refractivity contribution < 1.29 is 19.1 Å². The molecule has 0 unspecified atom stereocenters. The third-order valence-corrected chi connectivity index (χ3v) is 5.77. The summed E-state index contributed by atoms with van der Waals surface area (Å²) in [6.07, 6.45) is 1.63. The minimum absolute atomic E-state index is 0.256. The number of nitrogens with zero attached hydrogens (tertiary/aromatic N) is 2. The number of amides is 3. The number of ether oxygens (including phenoxy) is 1. The zero-order valence-corrected chi connectivity index (χ0v) is 18.6. The van der Waals surface area contributed by atoms with Gasteiger partial charge in [0.05, 0.1) is 12.0 Å². The van der Waals surface area contributed by atoms with E-state index in [1.807, 2.05) is 24.3 Å². The lowest BCUT2D eigenvalue weighted by Gasteiger charge is -2.22. The van der Waals surface area contributed by atoms with Crippen molar-refractivity contribution in [3.05, 3.63) is 59.0 Å². The summed E-state index contributed by atoms with van der Waals surface area (Å²) in [6, 6.07) is 14.6. The average molecular weight is 440 g/mol. The van der Waals surface area contributed by atoms with Gasteiger partial charge in [-0.15, -0.1) is 0 Å². The summed E-state index contributed by atoms with van der Waals surface area (Å²) < 4.78 is 5.50. The number of nitrogens with one attached hydrogen (secondary N) is 1. The summed E-state index contributed by atoms with van der Waals surface area (Å²) in [4.78, 5) is 40.8. The van der Waals surface area contributed by atoms with Gasteiger partial charge in [0.1, 0.15) is 12.3 Å². The van der Waals surface area contributed by atoms with E-state index < -0.39 is 17.1 Å². The van der Waals surface area contributed by atoms with Crippen LogP contribution in [-0.4, -0.2) is 48.7 Å². The molecule has 8 heteroatoms. The molecule has 31 heavy (non-hydrogen) atoms. The number of methoxy groups -OCH3 is 1. The van der Waals surface area contributed by atoms with Crippen LogP contribution in [0.1, 0.15) is 19.4 Å². The zero-order valence-electron chi connectivity index (χ0n) is 17.8. The van der Waals surface area contributed by atoms with Gasteiger partial charge in [-0.2, -0.15) is 0 Å². The largest absolute Gasteiger partial charge is 0.496 e. The lowest BCUT2D eigenvalue weighted by molar-refractivity contribution is -0.127. The Morgan fingerprint density at radius 3 is 2.48 bits per heavy atom. The number of anilines is 2. The molecule has 7 nitrogen and oxygen atoms in total. The molecule has 1 aliphatic heterocycles. The van der Waals surface area contributed by atoms with E-state index in [0.29, 0.717) is 17.0 Å². The van der Waals surface area contributed by atoms with Gasteiger partial charge in [0, 0.05) is 36.1 Å². The molecule has 1 fully saturated rings. The maximum atomic E-state index is 12.8. The Balaban J connectivity index is 1.76. The number of carbonyl (C=O) groups is 3. The minimum atomic E-state index is -0.493. The van der Waals surface area contributed by atoms with E-state index in [4.69, 9.17) is 4.74 Å². The van der Waals surface area contributed by atoms with E-state index >= 15 is 0 Å². The topological polar surface area (TPSA) is 79.0 Å². The summed E-state index contributed by atoms with van der Waals surface area (Å²) in [5, 5.41) is 2.21. The molecule has 1 N–H and O–H groups in total. The van der Waals surface area contributed by atoms with Gasteiger partial charge in [0.2, 0.25) is 5.91 Å². The first-order valence-electron chi connectivity index (χ1n) is 10.00. The number of hydrogen-bond donors (Lipinski definition) is 1. The SMILES string of the molecule is CCN(CC)c1ccc(/C=C2\SC(=O)N(CC(=O)Nc3ccccc3)C2=O)c(OC)c1. The average Bonchev–Trinajstić information content (AvgIpc) is 3.03. The molecular formula is C23H25N3O4S. The molecule has 2 aromatic rings. The highest BCUT2D eigenvalue weighted by molar-refractivity contribution is 8.18. The normalized spacial score (nSPS) is 14.8. The van der Waals surface area contributed by atoms with Crippen molar-refractivity contribution in [2.75, 3.05) is 37.0 Å². The molecular weight excluding hydrogens is 414 g/mol. The third kappa shape index (κ3) is 5.27. The van der Waals surface area contributed by atoms with Crippen LogP contribution < -0.4 is 15.0 Å². The predicted octanol–water partition coefficient (Wildman–Crippen LogP) is 4.22. The highest BCUT2D eigenvalue weighted by atomic mass is 32.2. The van der Waals surface area contributed by atoms with E-state index in [2.05, 4.69) is 24.1 Å². The Bertz CT molecular complexity index is 1000. The van der Waals surface area contributed by atoms with Crippen LogP contribution in [0.4, 0.5) is 16.2 Å². The molecule has 2 aromatic carbocycles. The first-order chi connectivity index (χ1) is 15.0. The number of carbonyl (C=O) groups excluding carboxylic acids is 3. The first-order valence-corrected chi connectivity index (χ1v) is 10.8. The maximum Gasteiger partial charge on any atom is 0.294 e. The zero-order chi connectivity index (χ0) is 22.4. The molecule has 0 spiro atoms. The van der Waals surface area contributed by atoms with Gasteiger partial charge >= 0.3 is 0 Å². The molecule has 0 saturated carbocycles. The second-order valence-corrected chi connectivity index (χ2v) is 7.77. The van der Waals surface area contributed by atoms with Crippen molar-refractivity contribution in [1.29, 1.82) is 0 Å². The second-order valence-electron chi connectivity index (χ2n) is 6.78. The third-order valence-electron chi connectivity index (χ3n) is 4.87. The summed E-state index contributed by atoms with van der Waals surface area (Å²) in [6.45, 7) is 5.54. The highest BCUT2D eigenvalue weighted by Gasteiger charge is 2.36. The minimum Gasteiger partial charge on any atom is -0.496 e. The Labute approximate surface area is 186 Å². The molecule has 162 valence electrons. The fourth-order valence-electron chi connectivity index (χ4n) is 3.25. The Morgan fingerprint density at radius 1 is 1.13 bits per heavy atom. The van der Waals surface area contributed by atoms with Crippen LogP contribution in [0.25, 0.3) is 6.08 Å². The van der Waals surface area contributed by atoms with Crippen molar-refractivity contribution in [3.63, 3.8) is 0 Å². The molecule has 1 aliphatic rings. The van der Waals surface area contributed by atoms with E-state index in [1.165, 1.54) is 0 Å². The lowest BCUT2D eigenvalue weighted by atomic mass is 10.1. The van der Waals surface area contributed by atoms with Crippen molar-refractivity contribution in [3.8, 4) is 5.75 Å². The number of thioether (sulfide) groups is 1. The van der Waals surface area contributed by atoms with Gasteiger partial charge in [-0.05, 0) is 56.0 Å². The molecule has 1 heterocycles. The van der Waals surface area contributed by atoms with Crippen LogP contribution in [0.15, 0.2) is 53.4 Å². The van der Waals surface area contributed by atoms with E-state index in [9.17, 15) is 14.4 Å². The number of benzene rings is 2. The molecule has 0 aliphatic carbocycles. The van der Waals surface area contributed by atoms with Gasteiger partial charge in [-0.25, -0.2) is 0 Å². The van der Waals surface area contributed by atoms with Gasteiger partial charge in [0.15, 0.2) is 0 Å². The number of hydrogen-bond acceptors (Lipinski definition) is 6. The van der Waals surface area contributed by atoms with Crippen LogP contribution in [0.3, 0.4) is 0 Å². The summed E-state index contributed by atoms with van der Waals surface area (Å²) in [5.41, 5.74) is 2.32. The number of para-hydroxylation sites is 1. The number of imide groups is 1. The van der Waals surface area contributed by atoms with Crippen LogP contribution in [-0.2, 0) is 9.59 Å². The van der Waals surface area contributed by atoms with Gasteiger partial charge in [-0.1, -0.05) is 18.2 Å². The van der Waals surface area contributed by atoms with E-state index in [0.717, 1.165) is 35.4 Å². The summed E-state index contributed by atoms with van der Waals surface area (Å²) in [7, 11) is 1.57. The van der Waals surface area contributed by atoms with Gasteiger partial charge in [-0.3, -0.25) is 19.3 Å². The predicted molar refractivity (Wildman–Crippen MR) is 124 cm³/mol. The highest BCUT2D eigenvalue weighted by Crippen LogP contribution is 2.35. The van der Waals surface area contributed by atoms with Crippen LogP contribution in [0.2, 0.25) is 0 Å². The molecule has 3 rings (SSSR count). The Hall–Kier alpha value is -3.26. The number of rotatable bonds is 8. The molecule has 0 atom stereocenters. The first kappa shape index (κ1) is 22.4. The fraction of sp³-hybridized carbons (Fsp3) is 0.261. The van der Waals surface area contributed by atoms with Crippen LogP contribution in [0, 0.1) is 0 Å². The van der Waals surface area contributed by atoms with Crippen LogP contribution in [0.5, 0.6) is 5.75 Å². The van der Waals surface area contributed by atoms with Crippen molar-refractivity contribution in [2.45, 2.75) is 13.8 Å². The fourth-order valence-corrected chi connectivity index (χ4v) is 4.08. The monoisotopic (exact) mass is 439 g/mol. The van der Waals surface area contributed by atoms with Crippen molar-refractivity contribution in [2.24, 2.45) is 0 Å². The van der Waals surface area contributed by atoms with Gasteiger partial charge < -0.3 is 15.0 Å². The molecule has 0 radical (unpaired) electrons. The smallest absolute Gasteiger partial charge is 0.294 e. The molecule has 3 amide bonds. The van der Waals surface area contributed by atoms with Crippen molar-refractivity contribution >= 4 is 46.3 Å². The quantitative estimate of drug-likeness (QED) is 0.621. The standard InChI is InChI=1S/C23H25N3O4S/c1-4-25(5-2)18-12-11-16(19(14-18)30-3)13-20-22(28)26(23(29)31-20)15-21(27)24-17-9-7-6-8-10-17/h6-14H,4-5,15H2,1-3H3,(H,24,27)/b20-13-. The maximum absolute atomic E-state index is 12.8. The molecule has 1 saturated heterocycles. The summed E-state index contributed by atoms with van der Waals surface area (Å²) in [5.74, 6) is -0.318. The summed E-state index contributed by atoms with van der Waals surface area (Å²) >= 11 is 0.816.